The summed E-state index contributed by atoms with van der Waals surface area (Å²) in [5.41, 5.74) is -0.235. The fourth-order valence-corrected chi connectivity index (χ4v) is 4.42. The molecule has 2 aliphatic rings. The number of carbonyl (C=O) groups excluding carboxylic acids is 1. The van der Waals surface area contributed by atoms with Crippen LogP contribution in [0.4, 0.5) is 10.5 Å². The van der Waals surface area contributed by atoms with Crippen LogP contribution < -0.4 is 10.1 Å². The second kappa shape index (κ2) is 6.32. The number of aliphatic hydroxyl groups is 1. The monoisotopic (exact) mass is 356 g/mol. The zero-order valence-electron chi connectivity index (χ0n) is 15.1. The molecule has 2 saturated heterocycles. The Labute approximate surface area is 152 Å². The third kappa shape index (κ3) is 2.82. The van der Waals surface area contributed by atoms with Crippen LogP contribution in [0.5, 0.6) is 5.75 Å². The van der Waals surface area contributed by atoms with E-state index >= 15 is 0 Å². The van der Waals surface area contributed by atoms with Crippen molar-refractivity contribution in [2.75, 3.05) is 12.4 Å². The number of aromatic nitrogens is 2. The van der Waals surface area contributed by atoms with Crippen LogP contribution in [-0.4, -0.2) is 44.8 Å². The van der Waals surface area contributed by atoms with Gasteiger partial charge < -0.3 is 24.6 Å². The zero-order chi connectivity index (χ0) is 18.3. The number of nitrogens with one attached hydrogen (secondary N) is 1. The molecule has 2 N–H and O–H groups in total. The number of amides is 2. The van der Waals surface area contributed by atoms with Gasteiger partial charge in [-0.3, -0.25) is 0 Å². The second-order valence-corrected chi connectivity index (χ2v) is 7.25. The number of carbonyl (C=O) groups is 1. The van der Waals surface area contributed by atoms with Crippen molar-refractivity contribution in [3.05, 3.63) is 42.5 Å². The second-order valence-electron chi connectivity index (χ2n) is 7.25. The molecule has 7 nitrogen and oxygen atoms in total. The number of hydrogen-bond acceptors (Lipinski definition) is 4. The molecule has 0 unspecified atom stereocenters. The molecule has 0 radical (unpaired) electrons. The van der Waals surface area contributed by atoms with E-state index in [9.17, 15) is 9.90 Å². The van der Waals surface area contributed by atoms with Crippen LogP contribution in [0.3, 0.4) is 0 Å². The summed E-state index contributed by atoms with van der Waals surface area (Å²) in [4.78, 5) is 19.1. The van der Waals surface area contributed by atoms with Crippen LogP contribution >= 0.6 is 0 Å². The van der Waals surface area contributed by atoms with Gasteiger partial charge in [-0.1, -0.05) is 0 Å². The van der Waals surface area contributed by atoms with E-state index in [1.54, 1.807) is 13.3 Å². The summed E-state index contributed by atoms with van der Waals surface area (Å²) >= 11 is 0. The van der Waals surface area contributed by atoms with Gasteiger partial charge in [0.25, 0.3) is 0 Å². The number of ether oxygens (including phenoxy) is 1. The number of urea groups is 1. The van der Waals surface area contributed by atoms with Gasteiger partial charge in [-0.05, 0) is 37.1 Å². The molecule has 2 atom stereocenters. The molecular weight excluding hydrogens is 332 g/mol. The number of imidazole rings is 1. The van der Waals surface area contributed by atoms with Gasteiger partial charge in [0, 0.05) is 50.1 Å². The molecule has 3 heterocycles. The molecule has 7 heteroatoms. The Morgan fingerprint density at radius 3 is 2.46 bits per heavy atom. The van der Waals surface area contributed by atoms with Gasteiger partial charge in [0.2, 0.25) is 0 Å². The van der Waals surface area contributed by atoms with E-state index in [4.69, 9.17) is 4.74 Å². The van der Waals surface area contributed by atoms with E-state index < -0.39 is 5.60 Å². The molecule has 26 heavy (non-hydrogen) atoms. The van der Waals surface area contributed by atoms with E-state index in [0.29, 0.717) is 18.7 Å². The maximum absolute atomic E-state index is 12.8. The lowest BCUT2D eigenvalue weighted by atomic mass is 9.85. The standard InChI is InChI=1S/C19H24N4O3/c1-22-10-9-20-17(22)19(25)11-14-5-6-15(12-19)23(14)18(24)21-13-3-7-16(26-2)8-4-13/h3-4,7-10,14-15,25H,5-6,11-12H2,1-2H3,(H,21,24)/t14-,15-/m1/s1. The first-order chi connectivity index (χ1) is 12.5. The Morgan fingerprint density at radius 1 is 1.27 bits per heavy atom. The molecule has 2 bridgehead atoms. The van der Waals surface area contributed by atoms with E-state index in [2.05, 4.69) is 10.3 Å². The van der Waals surface area contributed by atoms with Crippen molar-refractivity contribution in [1.82, 2.24) is 14.5 Å². The summed E-state index contributed by atoms with van der Waals surface area (Å²) in [6.07, 6.45) is 6.41. The fourth-order valence-electron chi connectivity index (χ4n) is 4.42. The number of fused-ring (bicyclic) bond motifs is 2. The number of methoxy groups -OCH3 is 1. The average molecular weight is 356 g/mol. The highest BCUT2D eigenvalue weighted by atomic mass is 16.5. The van der Waals surface area contributed by atoms with Crippen molar-refractivity contribution in [2.24, 2.45) is 7.05 Å². The number of piperidine rings is 1. The molecule has 2 aliphatic heterocycles. The molecule has 2 fully saturated rings. The molecule has 2 amide bonds. The minimum atomic E-state index is -0.971. The lowest BCUT2D eigenvalue weighted by Crippen LogP contribution is -2.53. The number of hydrogen-bond donors (Lipinski definition) is 2. The molecule has 138 valence electrons. The zero-order valence-corrected chi connectivity index (χ0v) is 15.1. The predicted octanol–water partition coefficient (Wildman–Crippen LogP) is 2.48. The van der Waals surface area contributed by atoms with Crippen LogP contribution in [0.25, 0.3) is 0 Å². The number of benzene rings is 1. The topological polar surface area (TPSA) is 79.6 Å². The smallest absolute Gasteiger partial charge is 0.322 e. The minimum Gasteiger partial charge on any atom is -0.497 e. The van der Waals surface area contributed by atoms with Gasteiger partial charge in [-0.15, -0.1) is 0 Å². The molecule has 2 aromatic rings. The highest BCUT2D eigenvalue weighted by Gasteiger charge is 2.51. The van der Waals surface area contributed by atoms with Gasteiger partial charge in [-0.25, -0.2) is 9.78 Å². The molecule has 1 aromatic heterocycles. The number of rotatable bonds is 3. The molecule has 0 saturated carbocycles. The predicted molar refractivity (Wildman–Crippen MR) is 97.0 cm³/mol. The SMILES string of the molecule is COc1ccc(NC(=O)N2[C@@H]3CC[C@@H]2CC(O)(c2nccn2C)C3)cc1. The van der Waals surface area contributed by atoms with Crippen LogP contribution in [0, 0.1) is 0 Å². The van der Waals surface area contributed by atoms with Gasteiger partial charge in [0.1, 0.15) is 17.2 Å². The van der Waals surface area contributed by atoms with Crippen molar-refractivity contribution in [1.29, 1.82) is 0 Å². The first-order valence-electron chi connectivity index (χ1n) is 8.94. The van der Waals surface area contributed by atoms with Gasteiger partial charge >= 0.3 is 6.03 Å². The molecule has 0 aliphatic carbocycles. The van der Waals surface area contributed by atoms with Crippen LogP contribution in [0.2, 0.25) is 0 Å². The summed E-state index contributed by atoms with van der Waals surface area (Å²) in [6.45, 7) is 0. The average Bonchev–Trinajstić information content (AvgIpc) is 3.18. The largest absolute Gasteiger partial charge is 0.497 e. The Kier molecular flexibility index (Phi) is 4.11. The highest BCUT2D eigenvalue weighted by molar-refractivity contribution is 5.90. The van der Waals surface area contributed by atoms with Crippen molar-refractivity contribution >= 4 is 11.7 Å². The summed E-state index contributed by atoms with van der Waals surface area (Å²) in [6, 6.07) is 7.23. The summed E-state index contributed by atoms with van der Waals surface area (Å²) < 4.78 is 7.01. The quantitative estimate of drug-likeness (QED) is 0.885. The molecule has 0 spiro atoms. The Hall–Kier alpha value is -2.54. The lowest BCUT2D eigenvalue weighted by Gasteiger charge is -2.43. The normalized spacial score (nSPS) is 27.4. The van der Waals surface area contributed by atoms with Crippen LogP contribution in [-0.2, 0) is 12.6 Å². The van der Waals surface area contributed by atoms with Crippen molar-refractivity contribution in [3.63, 3.8) is 0 Å². The summed E-state index contributed by atoms with van der Waals surface area (Å²) in [5, 5.41) is 14.2. The maximum Gasteiger partial charge on any atom is 0.322 e. The van der Waals surface area contributed by atoms with Gasteiger partial charge in [0.05, 0.1) is 7.11 Å². The van der Waals surface area contributed by atoms with E-state index in [0.717, 1.165) is 24.3 Å². The van der Waals surface area contributed by atoms with Gasteiger partial charge in [0.15, 0.2) is 0 Å². The fraction of sp³-hybridized carbons (Fsp3) is 0.474. The van der Waals surface area contributed by atoms with Gasteiger partial charge in [-0.2, -0.15) is 0 Å². The van der Waals surface area contributed by atoms with Crippen molar-refractivity contribution in [3.8, 4) is 5.75 Å². The van der Waals surface area contributed by atoms with E-state index in [1.165, 1.54) is 0 Å². The number of anilines is 1. The van der Waals surface area contributed by atoms with Crippen molar-refractivity contribution in [2.45, 2.75) is 43.4 Å². The third-order valence-corrected chi connectivity index (χ3v) is 5.58. The van der Waals surface area contributed by atoms with Crippen LogP contribution in [0.15, 0.2) is 36.7 Å². The third-order valence-electron chi connectivity index (χ3n) is 5.58. The van der Waals surface area contributed by atoms with E-state index in [1.807, 2.05) is 47.0 Å². The van der Waals surface area contributed by atoms with E-state index in [-0.39, 0.29) is 18.1 Å². The van der Waals surface area contributed by atoms with Crippen molar-refractivity contribution < 1.29 is 14.6 Å². The number of nitrogens with zero attached hydrogens (tertiary/aromatic N) is 3. The van der Waals surface area contributed by atoms with Crippen LogP contribution in [0.1, 0.15) is 31.5 Å². The Morgan fingerprint density at radius 2 is 1.92 bits per heavy atom. The molecule has 4 rings (SSSR count). The minimum absolute atomic E-state index is 0.0219. The Balaban J connectivity index is 1.49. The molecular formula is C19H24N4O3. The summed E-state index contributed by atoms with van der Waals surface area (Å²) in [7, 11) is 3.51. The first kappa shape index (κ1) is 16.9. The Bertz CT molecular complexity index is 787. The first-order valence-corrected chi connectivity index (χ1v) is 8.94. The lowest BCUT2D eigenvalue weighted by molar-refractivity contribution is -0.0505. The summed E-state index contributed by atoms with van der Waals surface area (Å²) in [5.74, 6) is 1.44. The highest BCUT2D eigenvalue weighted by Crippen LogP contribution is 2.45. The number of aryl methyl sites for hydroxylation is 1. The maximum atomic E-state index is 12.8. The molecule has 1 aromatic carbocycles.